The minimum Gasteiger partial charge on any atom is -0.340 e. The zero-order chi connectivity index (χ0) is 20.2. The Bertz CT molecular complexity index is 1390. The Balaban J connectivity index is 1.39. The van der Waals surface area contributed by atoms with E-state index in [9.17, 15) is 8.42 Å². The Hall–Kier alpha value is -3.36. The van der Waals surface area contributed by atoms with E-state index < -0.39 is 10.0 Å². The minimum absolute atomic E-state index is 0.000746. The monoisotopic (exact) mass is 408 g/mol. The highest BCUT2D eigenvalue weighted by atomic mass is 32.2. The van der Waals surface area contributed by atoms with Gasteiger partial charge in [-0.1, -0.05) is 5.21 Å². The van der Waals surface area contributed by atoms with Gasteiger partial charge in [0, 0.05) is 24.7 Å². The number of H-pyrrole nitrogens is 1. The Kier molecular flexibility index (Phi) is 3.87. The Morgan fingerprint density at radius 3 is 2.93 bits per heavy atom. The van der Waals surface area contributed by atoms with Crippen LogP contribution >= 0.6 is 0 Å². The molecule has 1 aliphatic heterocycles. The predicted octanol–water partition coefficient (Wildman–Crippen LogP) is 0.981. The van der Waals surface area contributed by atoms with Crippen molar-refractivity contribution >= 4 is 32.0 Å². The largest absolute Gasteiger partial charge is 0.340 e. The number of fused-ring (bicyclic) bond motifs is 3. The number of aromatic nitrogens is 6. The highest BCUT2D eigenvalue weighted by Crippen LogP contribution is 2.25. The molecule has 0 spiro atoms. The summed E-state index contributed by atoms with van der Waals surface area (Å²) in [4.78, 5) is 12.3. The maximum atomic E-state index is 11.5. The quantitative estimate of drug-likeness (QED) is 0.532. The lowest BCUT2D eigenvalue weighted by Gasteiger charge is -2.36. The normalized spacial score (nSPS) is 15.6. The van der Waals surface area contributed by atoms with Gasteiger partial charge in [-0.3, -0.25) is 4.98 Å². The summed E-state index contributed by atoms with van der Waals surface area (Å²) in [6, 6.07) is 7.47. The lowest BCUT2D eigenvalue weighted by atomic mass is 10.1. The van der Waals surface area contributed by atoms with Crippen molar-refractivity contribution < 1.29 is 8.42 Å². The first-order chi connectivity index (χ1) is 13.9. The fourth-order valence-electron chi connectivity index (χ4n) is 3.46. The summed E-state index contributed by atoms with van der Waals surface area (Å²) in [7, 11) is -3.16. The molecule has 0 unspecified atom stereocenters. The van der Waals surface area contributed by atoms with Crippen LogP contribution in [0.1, 0.15) is 23.1 Å². The molecule has 0 atom stereocenters. The van der Waals surface area contributed by atoms with Crippen LogP contribution in [0.4, 0.5) is 0 Å². The molecule has 1 fully saturated rings. The van der Waals surface area contributed by atoms with Gasteiger partial charge in [-0.05, 0) is 18.2 Å². The van der Waals surface area contributed by atoms with Crippen LogP contribution in [0.15, 0.2) is 30.6 Å². The van der Waals surface area contributed by atoms with E-state index in [1.54, 1.807) is 23.0 Å². The van der Waals surface area contributed by atoms with Crippen molar-refractivity contribution in [2.24, 2.45) is 0 Å². The number of nitriles is 1. The molecular weight excluding hydrogens is 392 g/mol. The first kappa shape index (κ1) is 17.7. The number of benzene rings is 1. The van der Waals surface area contributed by atoms with Crippen LogP contribution < -0.4 is 0 Å². The van der Waals surface area contributed by atoms with E-state index in [0.29, 0.717) is 25.1 Å². The van der Waals surface area contributed by atoms with Crippen molar-refractivity contribution in [2.45, 2.75) is 12.5 Å². The third kappa shape index (κ3) is 3.12. The number of nitrogens with one attached hydrogen (secondary N) is 1. The molecule has 1 aromatic carbocycles. The van der Waals surface area contributed by atoms with E-state index in [1.807, 2.05) is 12.3 Å². The molecule has 11 heteroatoms. The molecule has 0 bridgehead atoms. The number of imidazole rings is 1. The zero-order valence-corrected chi connectivity index (χ0v) is 16.3. The summed E-state index contributed by atoms with van der Waals surface area (Å²) in [5.74, 6) is 0.718. The van der Waals surface area contributed by atoms with Crippen LogP contribution in [-0.4, -0.2) is 62.0 Å². The molecule has 1 aliphatic rings. The number of sulfonamides is 1. The summed E-state index contributed by atoms with van der Waals surface area (Å²) in [5, 5.41) is 18.3. The standard InChI is InChI=1S/C18H16N8O2S/c1-29(27,28)25-9-13(10-25)26-8-12(23-24-26)5-17-21-16-7-20-15-3-2-11(6-19)4-14(15)18(16)22-17/h2-4,7-8,13H,5,9-10H2,1H3,(H,21,22). The fourth-order valence-corrected chi connectivity index (χ4v) is 4.35. The van der Waals surface area contributed by atoms with E-state index in [4.69, 9.17) is 5.26 Å². The minimum atomic E-state index is -3.16. The van der Waals surface area contributed by atoms with E-state index in [2.05, 4.69) is 31.3 Å². The molecule has 10 nitrogen and oxygen atoms in total. The molecule has 4 aromatic rings. The molecule has 146 valence electrons. The zero-order valence-electron chi connectivity index (χ0n) is 15.4. The van der Waals surface area contributed by atoms with Gasteiger partial charge in [0.05, 0.1) is 58.8 Å². The second-order valence-corrected chi connectivity index (χ2v) is 9.13. The maximum Gasteiger partial charge on any atom is 0.211 e. The van der Waals surface area contributed by atoms with E-state index in [-0.39, 0.29) is 6.04 Å². The number of rotatable bonds is 4. The molecule has 0 saturated carbocycles. The number of aromatic amines is 1. The highest BCUT2D eigenvalue weighted by Gasteiger charge is 2.35. The number of hydrogen-bond donors (Lipinski definition) is 1. The molecule has 1 saturated heterocycles. The summed E-state index contributed by atoms with van der Waals surface area (Å²) in [6.07, 6.45) is 5.21. The molecule has 0 radical (unpaired) electrons. The first-order valence-corrected chi connectivity index (χ1v) is 10.8. The summed E-state index contributed by atoms with van der Waals surface area (Å²) in [6.45, 7) is 0.816. The van der Waals surface area contributed by atoms with Gasteiger partial charge in [-0.25, -0.2) is 18.1 Å². The van der Waals surface area contributed by atoms with Gasteiger partial charge in [0.1, 0.15) is 5.82 Å². The molecule has 3 aromatic heterocycles. The van der Waals surface area contributed by atoms with Crippen molar-refractivity contribution in [3.63, 3.8) is 0 Å². The molecule has 1 N–H and O–H groups in total. The van der Waals surface area contributed by atoms with Crippen molar-refractivity contribution in [3.05, 3.63) is 47.7 Å². The summed E-state index contributed by atoms with van der Waals surface area (Å²) < 4.78 is 26.1. The average molecular weight is 408 g/mol. The fraction of sp³-hybridized carbons (Fsp3) is 0.278. The van der Waals surface area contributed by atoms with Gasteiger partial charge >= 0.3 is 0 Å². The van der Waals surface area contributed by atoms with Gasteiger partial charge in [-0.15, -0.1) is 5.10 Å². The van der Waals surface area contributed by atoms with Crippen molar-refractivity contribution in [1.82, 2.24) is 34.3 Å². The van der Waals surface area contributed by atoms with Gasteiger partial charge in [0.2, 0.25) is 10.0 Å². The van der Waals surface area contributed by atoms with Gasteiger partial charge < -0.3 is 4.98 Å². The van der Waals surface area contributed by atoms with E-state index >= 15 is 0 Å². The predicted molar refractivity (Wildman–Crippen MR) is 104 cm³/mol. The van der Waals surface area contributed by atoms with Crippen LogP contribution in [-0.2, 0) is 16.4 Å². The van der Waals surface area contributed by atoms with Crippen LogP contribution in [0, 0.1) is 11.3 Å². The van der Waals surface area contributed by atoms with Crippen LogP contribution in [0.25, 0.3) is 21.9 Å². The summed E-state index contributed by atoms with van der Waals surface area (Å²) >= 11 is 0. The maximum absolute atomic E-state index is 11.5. The van der Waals surface area contributed by atoms with Crippen molar-refractivity contribution in [2.75, 3.05) is 19.3 Å². The Morgan fingerprint density at radius 1 is 1.34 bits per heavy atom. The topological polar surface area (TPSA) is 133 Å². The van der Waals surface area contributed by atoms with Gasteiger partial charge in [0.25, 0.3) is 0 Å². The lowest BCUT2D eigenvalue weighted by Crippen LogP contribution is -2.50. The number of hydrogen-bond acceptors (Lipinski definition) is 7. The number of pyridine rings is 1. The number of nitrogens with zero attached hydrogens (tertiary/aromatic N) is 7. The van der Waals surface area contributed by atoms with Crippen LogP contribution in [0.5, 0.6) is 0 Å². The van der Waals surface area contributed by atoms with Gasteiger partial charge in [-0.2, -0.15) is 9.57 Å². The Labute approximate surface area is 165 Å². The second-order valence-electron chi connectivity index (χ2n) is 7.15. The van der Waals surface area contributed by atoms with Crippen LogP contribution in [0.3, 0.4) is 0 Å². The van der Waals surface area contributed by atoms with E-state index in [1.165, 1.54) is 10.6 Å². The molecule has 4 heterocycles. The molecule has 0 aliphatic carbocycles. The SMILES string of the molecule is CS(=O)(=O)N1CC(n2cc(Cc3nc4c(cnc5ccc(C#N)cc54)[nH]3)nn2)C1. The smallest absolute Gasteiger partial charge is 0.211 e. The first-order valence-electron chi connectivity index (χ1n) is 8.94. The highest BCUT2D eigenvalue weighted by molar-refractivity contribution is 7.88. The van der Waals surface area contributed by atoms with Crippen LogP contribution in [0.2, 0.25) is 0 Å². The molecular formula is C18H16N8O2S. The molecule has 0 amide bonds. The molecule has 29 heavy (non-hydrogen) atoms. The second kappa shape index (κ2) is 6.33. The lowest BCUT2D eigenvalue weighted by molar-refractivity contribution is 0.190. The molecule has 5 rings (SSSR count). The summed E-state index contributed by atoms with van der Waals surface area (Å²) in [5.41, 5.74) is 3.62. The van der Waals surface area contributed by atoms with Crippen molar-refractivity contribution in [3.8, 4) is 6.07 Å². The van der Waals surface area contributed by atoms with Crippen molar-refractivity contribution in [1.29, 1.82) is 5.26 Å². The Morgan fingerprint density at radius 2 is 2.17 bits per heavy atom. The third-order valence-electron chi connectivity index (χ3n) is 5.07. The van der Waals surface area contributed by atoms with Gasteiger partial charge in [0.15, 0.2) is 0 Å². The van der Waals surface area contributed by atoms with E-state index in [0.717, 1.165) is 33.5 Å². The average Bonchev–Trinajstić information content (AvgIpc) is 3.25. The third-order valence-corrected chi connectivity index (χ3v) is 6.31.